The van der Waals surface area contributed by atoms with Crippen LogP contribution in [0, 0.1) is 22.9 Å². The molecule has 0 atom stereocenters. The highest BCUT2D eigenvalue weighted by Gasteiger charge is 2.16. The summed E-state index contributed by atoms with van der Waals surface area (Å²) in [6, 6.07) is 12.3. The lowest BCUT2D eigenvalue weighted by Crippen LogP contribution is -1.92. The molecule has 2 heterocycles. The zero-order valence-electron chi connectivity index (χ0n) is 15.6. The lowest BCUT2D eigenvalue weighted by molar-refractivity contribution is -0.384. The number of nitro benzene ring substituents is 1. The normalized spacial score (nSPS) is 10.3. The first-order chi connectivity index (χ1) is 14.3. The van der Waals surface area contributed by atoms with Crippen LogP contribution in [0.2, 0.25) is 10.0 Å². The molecule has 0 fully saturated rings. The number of aryl methyl sites for hydroxylation is 1. The third-order valence-corrected chi connectivity index (χ3v) is 4.55. The number of non-ortho nitro benzene ring substituents is 1. The maximum atomic E-state index is 11.9. The summed E-state index contributed by atoms with van der Waals surface area (Å²) in [6.45, 7) is 1.97. The number of nitro groups is 1. The second-order valence-corrected chi connectivity index (χ2v) is 6.88. The number of nitrogens with zero attached hydrogens (tertiary/aromatic N) is 3. The number of fused-ring (bicyclic) bond motifs is 1. The van der Waals surface area contributed by atoms with Crippen molar-refractivity contribution >= 4 is 39.8 Å². The number of hydrogen-bond donors (Lipinski definition) is 0. The SMILES string of the molecule is Cc1ccnc2ccc(Oc3c(Cl)cc([N+](=O)[O-])cc3Cl)cc12.Fc1ccncc1. The molecule has 2 aromatic carbocycles. The molecule has 0 aliphatic heterocycles. The zero-order valence-corrected chi connectivity index (χ0v) is 17.1. The fourth-order valence-corrected chi connectivity index (χ4v) is 3.08. The van der Waals surface area contributed by atoms with Crippen molar-refractivity contribution in [1.82, 2.24) is 9.97 Å². The summed E-state index contributed by atoms with van der Waals surface area (Å²) in [5.41, 5.74) is 1.71. The first-order valence-electron chi connectivity index (χ1n) is 8.57. The van der Waals surface area contributed by atoms with Gasteiger partial charge in [0, 0.05) is 36.1 Å². The van der Waals surface area contributed by atoms with Crippen LogP contribution in [0.4, 0.5) is 10.1 Å². The van der Waals surface area contributed by atoms with E-state index in [0.29, 0.717) is 5.75 Å². The van der Waals surface area contributed by atoms with Crippen LogP contribution in [0.5, 0.6) is 11.5 Å². The Morgan fingerprint density at radius 2 is 1.67 bits per heavy atom. The molecule has 0 aliphatic carbocycles. The van der Waals surface area contributed by atoms with Gasteiger partial charge in [-0.2, -0.15) is 0 Å². The second kappa shape index (κ2) is 9.47. The van der Waals surface area contributed by atoms with E-state index in [1.54, 1.807) is 12.3 Å². The molecule has 0 saturated heterocycles. The zero-order chi connectivity index (χ0) is 21.7. The van der Waals surface area contributed by atoms with Crippen LogP contribution in [0.1, 0.15) is 5.56 Å². The van der Waals surface area contributed by atoms with E-state index >= 15 is 0 Å². The molecule has 0 radical (unpaired) electrons. The Bertz CT molecular complexity index is 1180. The van der Waals surface area contributed by atoms with Crippen LogP contribution in [0.25, 0.3) is 10.9 Å². The fourth-order valence-electron chi connectivity index (χ4n) is 2.53. The summed E-state index contributed by atoms with van der Waals surface area (Å²) in [7, 11) is 0. The molecule has 4 rings (SSSR count). The van der Waals surface area contributed by atoms with Gasteiger partial charge in [-0.15, -0.1) is 0 Å². The first-order valence-corrected chi connectivity index (χ1v) is 9.33. The van der Waals surface area contributed by atoms with Gasteiger partial charge in [0.05, 0.1) is 20.5 Å². The lowest BCUT2D eigenvalue weighted by atomic mass is 10.1. The largest absolute Gasteiger partial charge is 0.454 e. The number of benzene rings is 2. The predicted molar refractivity (Wildman–Crippen MR) is 114 cm³/mol. The summed E-state index contributed by atoms with van der Waals surface area (Å²) in [4.78, 5) is 18.1. The summed E-state index contributed by atoms with van der Waals surface area (Å²) in [5.74, 6) is 0.459. The first kappa shape index (κ1) is 21.4. The molecule has 9 heteroatoms. The topological polar surface area (TPSA) is 78.2 Å². The Morgan fingerprint density at radius 3 is 2.23 bits per heavy atom. The standard InChI is InChI=1S/C16H10Cl2N2O3.C5H4FN/c1-9-4-5-19-15-3-2-11(8-12(9)15)23-16-13(17)6-10(20(21)22)7-14(16)18;6-5-1-3-7-4-2-5/h2-8H,1H3;1-4H. The van der Waals surface area contributed by atoms with E-state index in [9.17, 15) is 14.5 Å². The van der Waals surface area contributed by atoms with Gasteiger partial charge in [-0.05, 0) is 48.9 Å². The van der Waals surface area contributed by atoms with Crippen LogP contribution in [-0.2, 0) is 0 Å². The molecule has 0 bridgehead atoms. The average molecular weight is 446 g/mol. The molecular formula is C21H14Cl2FN3O3. The van der Waals surface area contributed by atoms with Gasteiger partial charge in [0.15, 0.2) is 5.75 Å². The highest BCUT2D eigenvalue weighted by molar-refractivity contribution is 6.37. The third kappa shape index (κ3) is 5.20. The van der Waals surface area contributed by atoms with Crippen LogP contribution in [0.15, 0.2) is 67.1 Å². The van der Waals surface area contributed by atoms with E-state index in [-0.39, 0.29) is 27.3 Å². The second-order valence-electron chi connectivity index (χ2n) is 6.07. The molecule has 0 saturated carbocycles. The molecular weight excluding hydrogens is 432 g/mol. The van der Waals surface area contributed by atoms with Crippen molar-refractivity contribution in [3.63, 3.8) is 0 Å². The van der Waals surface area contributed by atoms with Gasteiger partial charge >= 0.3 is 0 Å². The Balaban J connectivity index is 0.000000310. The molecule has 0 aliphatic rings. The molecule has 6 nitrogen and oxygen atoms in total. The van der Waals surface area contributed by atoms with Crippen LogP contribution < -0.4 is 4.74 Å². The van der Waals surface area contributed by atoms with Gasteiger partial charge in [0.2, 0.25) is 0 Å². The van der Waals surface area contributed by atoms with Gasteiger partial charge in [-0.1, -0.05) is 23.2 Å². The van der Waals surface area contributed by atoms with Gasteiger partial charge in [-0.3, -0.25) is 20.1 Å². The number of aromatic nitrogens is 2. The number of rotatable bonds is 3. The smallest absolute Gasteiger partial charge is 0.272 e. The Labute approximate surface area is 181 Å². The van der Waals surface area contributed by atoms with Crippen molar-refractivity contribution in [1.29, 1.82) is 0 Å². The Kier molecular flexibility index (Phi) is 6.76. The molecule has 4 aromatic rings. The van der Waals surface area contributed by atoms with E-state index in [4.69, 9.17) is 27.9 Å². The van der Waals surface area contributed by atoms with E-state index in [1.807, 2.05) is 25.1 Å². The molecule has 30 heavy (non-hydrogen) atoms. The summed E-state index contributed by atoms with van der Waals surface area (Å²) >= 11 is 12.1. The molecule has 0 amide bonds. The number of hydrogen-bond acceptors (Lipinski definition) is 5. The van der Waals surface area contributed by atoms with E-state index < -0.39 is 4.92 Å². The van der Waals surface area contributed by atoms with Crippen molar-refractivity contribution in [2.75, 3.05) is 0 Å². The molecule has 2 aromatic heterocycles. The Hall–Kier alpha value is -3.29. The van der Waals surface area contributed by atoms with Gasteiger partial charge in [0.25, 0.3) is 5.69 Å². The minimum Gasteiger partial charge on any atom is -0.454 e. The molecule has 152 valence electrons. The number of ether oxygens (including phenoxy) is 1. The summed E-state index contributed by atoms with van der Waals surface area (Å²) in [5, 5.41) is 11.9. The minimum absolute atomic E-state index is 0.0761. The number of pyridine rings is 2. The van der Waals surface area contributed by atoms with Crippen LogP contribution in [0.3, 0.4) is 0 Å². The fraction of sp³-hybridized carbons (Fsp3) is 0.0476. The van der Waals surface area contributed by atoms with E-state index in [0.717, 1.165) is 16.5 Å². The summed E-state index contributed by atoms with van der Waals surface area (Å²) in [6.07, 6.45) is 4.56. The highest BCUT2D eigenvalue weighted by atomic mass is 35.5. The monoisotopic (exact) mass is 445 g/mol. The lowest BCUT2D eigenvalue weighted by Gasteiger charge is -2.10. The van der Waals surface area contributed by atoms with Gasteiger partial charge < -0.3 is 4.74 Å². The third-order valence-electron chi connectivity index (χ3n) is 3.98. The maximum absolute atomic E-state index is 11.9. The maximum Gasteiger partial charge on any atom is 0.272 e. The van der Waals surface area contributed by atoms with Crippen molar-refractivity contribution < 1.29 is 14.1 Å². The minimum atomic E-state index is -0.563. The molecule has 0 spiro atoms. The van der Waals surface area contributed by atoms with Crippen LogP contribution in [-0.4, -0.2) is 14.9 Å². The quantitative estimate of drug-likeness (QED) is 0.256. The van der Waals surface area contributed by atoms with E-state index in [2.05, 4.69) is 9.97 Å². The van der Waals surface area contributed by atoms with E-state index in [1.165, 1.54) is 36.7 Å². The van der Waals surface area contributed by atoms with Crippen LogP contribution >= 0.6 is 23.2 Å². The van der Waals surface area contributed by atoms with Gasteiger partial charge in [-0.25, -0.2) is 4.39 Å². The van der Waals surface area contributed by atoms with Crippen molar-refractivity contribution in [2.45, 2.75) is 6.92 Å². The molecule has 0 unspecified atom stereocenters. The Morgan fingerprint density at radius 1 is 1.00 bits per heavy atom. The summed E-state index contributed by atoms with van der Waals surface area (Å²) < 4.78 is 17.6. The average Bonchev–Trinajstić information content (AvgIpc) is 2.72. The van der Waals surface area contributed by atoms with Crippen molar-refractivity contribution in [3.05, 3.63) is 98.7 Å². The van der Waals surface area contributed by atoms with Gasteiger partial charge in [0.1, 0.15) is 11.6 Å². The predicted octanol–water partition coefficient (Wildman–Crippen LogP) is 6.77. The molecule has 0 N–H and O–H groups in total. The highest BCUT2D eigenvalue weighted by Crippen LogP contribution is 2.39. The van der Waals surface area contributed by atoms with Crippen molar-refractivity contribution in [3.8, 4) is 11.5 Å². The number of halogens is 3. The van der Waals surface area contributed by atoms with Crippen molar-refractivity contribution in [2.24, 2.45) is 0 Å².